The quantitative estimate of drug-likeness (QED) is 0.723. The second-order valence-corrected chi connectivity index (χ2v) is 6.12. The predicted molar refractivity (Wildman–Crippen MR) is 91.0 cm³/mol. The van der Waals surface area contributed by atoms with Crippen LogP contribution < -0.4 is 16.0 Å². The molecule has 3 N–H and O–H groups in total. The molecule has 5 heteroatoms. The zero-order valence-electron chi connectivity index (χ0n) is 14.0. The molecule has 0 unspecified atom stereocenters. The van der Waals surface area contributed by atoms with Crippen molar-refractivity contribution in [1.29, 1.82) is 0 Å². The van der Waals surface area contributed by atoms with Crippen LogP contribution in [-0.4, -0.2) is 24.5 Å². The lowest BCUT2D eigenvalue weighted by Crippen LogP contribution is -2.45. The maximum absolute atomic E-state index is 12.3. The number of amides is 3. The molecule has 0 aliphatic carbocycles. The second-order valence-electron chi connectivity index (χ2n) is 6.12. The summed E-state index contributed by atoms with van der Waals surface area (Å²) >= 11 is 0. The molecule has 1 aromatic rings. The van der Waals surface area contributed by atoms with Gasteiger partial charge in [-0.15, -0.1) is 0 Å². The minimum Gasteiger partial charge on any atom is -0.352 e. The Hall–Kier alpha value is -2.04. The molecule has 1 saturated heterocycles. The largest absolute Gasteiger partial charge is 0.352 e. The van der Waals surface area contributed by atoms with Gasteiger partial charge in [0.05, 0.1) is 6.04 Å². The molecule has 0 aromatic heterocycles. The van der Waals surface area contributed by atoms with E-state index in [-0.39, 0.29) is 24.0 Å². The third-order valence-electron chi connectivity index (χ3n) is 4.56. The van der Waals surface area contributed by atoms with Crippen molar-refractivity contribution in [3.63, 3.8) is 0 Å². The van der Waals surface area contributed by atoms with Crippen LogP contribution >= 0.6 is 0 Å². The van der Waals surface area contributed by atoms with Crippen LogP contribution in [0.4, 0.5) is 4.79 Å². The van der Waals surface area contributed by atoms with Crippen LogP contribution in [0, 0.1) is 5.92 Å². The number of urea groups is 1. The Bertz CT molecular complexity index is 514. The number of benzene rings is 1. The zero-order chi connectivity index (χ0) is 16.7. The Morgan fingerprint density at radius 3 is 2.52 bits per heavy atom. The number of nitrogens with one attached hydrogen (secondary N) is 3. The van der Waals surface area contributed by atoms with Gasteiger partial charge in [-0.3, -0.25) is 4.79 Å². The van der Waals surface area contributed by atoms with E-state index >= 15 is 0 Å². The molecule has 1 fully saturated rings. The van der Waals surface area contributed by atoms with Crippen molar-refractivity contribution < 1.29 is 9.59 Å². The first kappa shape index (κ1) is 17.3. The maximum Gasteiger partial charge on any atom is 0.315 e. The Morgan fingerprint density at radius 1 is 1.26 bits per heavy atom. The van der Waals surface area contributed by atoms with Crippen LogP contribution in [0.2, 0.25) is 0 Å². The summed E-state index contributed by atoms with van der Waals surface area (Å²) in [6.45, 7) is 4.78. The number of hydrogen-bond donors (Lipinski definition) is 3. The summed E-state index contributed by atoms with van der Waals surface area (Å²) < 4.78 is 0. The summed E-state index contributed by atoms with van der Waals surface area (Å²) in [7, 11) is 0. The lowest BCUT2D eigenvalue weighted by molar-refractivity contribution is -0.119. The first-order valence-corrected chi connectivity index (χ1v) is 8.52. The van der Waals surface area contributed by atoms with E-state index in [0.717, 1.165) is 24.8 Å². The molecule has 126 valence electrons. The van der Waals surface area contributed by atoms with Crippen LogP contribution in [0.1, 0.15) is 51.1 Å². The van der Waals surface area contributed by atoms with Gasteiger partial charge in [-0.2, -0.15) is 0 Å². The first-order valence-electron chi connectivity index (χ1n) is 8.52. The average molecular weight is 317 g/mol. The molecule has 1 aliphatic rings. The van der Waals surface area contributed by atoms with E-state index in [2.05, 4.69) is 41.9 Å². The molecule has 1 aromatic carbocycles. The molecule has 0 spiro atoms. The zero-order valence-corrected chi connectivity index (χ0v) is 14.0. The van der Waals surface area contributed by atoms with E-state index in [9.17, 15) is 9.59 Å². The highest BCUT2D eigenvalue weighted by molar-refractivity contribution is 5.79. The van der Waals surface area contributed by atoms with Crippen molar-refractivity contribution in [2.24, 2.45) is 5.92 Å². The van der Waals surface area contributed by atoms with Crippen LogP contribution in [0.3, 0.4) is 0 Å². The van der Waals surface area contributed by atoms with E-state index in [1.807, 2.05) is 18.2 Å². The van der Waals surface area contributed by atoms with Gasteiger partial charge in [0.2, 0.25) is 5.91 Å². The Balaban J connectivity index is 1.94. The molecule has 2 rings (SSSR count). The minimum atomic E-state index is -0.174. The van der Waals surface area contributed by atoms with Crippen molar-refractivity contribution in [2.75, 3.05) is 6.54 Å². The normalized spacial score (nSPS) is 18.6. The SMILES string of the molecule is CCC(CC)[C@@H](NC(=O)NC[C@@H]1CCC(=O)N1)c1ccccc1. The summed E-state index contributed by atoms with van der Waals surface area (Å²) in [6, 6.07) is 9.97. The van der Waals surface area contributed by atoms with Crippen molar-refractivity contribution in [3.05, 3.63) is 35.9 Å². The molecule has 5 nitrogen and oxygen atoms in total. The molecule has 1 heterocycles. The van der Waals surface area contributed by atoms with E-state index in [1.54, 1.807) is 0 Å². The van der Waals surface area contributed by atoms with Gasteiger partial charge in [-0.1, -0.05) is 57.0 Å². The Labute approximate surface area is 138 Å². The lowest BCUT2D eigenvalue weighted by atomic mass is 9.89. The van der Waals surface area contributed by atoms with Gasteiger partial charge < -0.3 is 16.0 Å². The molecule has 1 aliphatic heterocycles. The highest BCUT2D eigenvalue weighted by Gasteiger charge is 2.24. The van der Waals surface area contributed by atoms with Crippen molar-refractivity contribution in [1.82, 2.24) is 16.0 Å². The van der Waals surface area contributed by atoms with E-state index in [0.29, 0.717) is 18.9 Å². The lowest BCUT2D eigenvalue weighted by Gasteiger charge is -2.27. The van der Waals surface area contributed by atoms with Crippen molar-refractivity contribution in [3.8, 4) is 0 Å². The smallest absolute Gasteiger partial charge is 0.315 e. The number of carbonyl (C=O) groups excluding carboxylic acids is 2. The summed E-state index contributed by atoms with van der Waals surface area (Å²) in [6.07, 6.45) is 3.35. The fraction of sp³-hybridized carbons (Fsp3) is 0.556. The van der Waals surface area contributed by atoms with Gasteiger partial charge in [0.25, 0.3) is 0 Å². The third-order valence-corrected chi connectivity index (χ3v) is 4.56. The standard InChI is InChI=1S/C18H27N3O2/c1-3-13(4-2)17(14-8-6-5-7-9-14)21-18(23)19-12-15-10-11-16(22)20-15/h5-9,13,15,17H,3-4,10-12H2,1-2H3,(H,20,22)(H2,19,21,23)/t15-,17+/m0/s1. The van der Waals surface area contributed by atoms with Crippen LogP contribution in [0.15, 0.2) is 30.3 Å². The van der Waals surface area contributed by atoms with E-state index in [1.165, 1.54) is 0 Å². The van der Waals surface area contributed by atoms with Gasteiger partial charge >= 0.3 is 6.03 Å². The summed E-state index contributed by atoms with van der Waals surface area (Å²) in [5.74, 6) is 0.464. The molecule has 23 heavy (non-hydrogen) atoms. The molecular formula is C18H27N3O2. The van der Waals surface area contributed by atoms with Gasteiger partial charge in [0, 0.05) is 19.0 Å². The Morgan fingerprint density at radius 2 is 1.96 bits per heavy atom. The third kappa shape index (κ3) is 4.98. The molecule has 3 amide bonds. The van der Waals surface area contributed by atoms with E-state index in [4.69, 9.17) is 0 Å². The predicted octanol–water partition coefficient (Wildman–Crippen LogP) is 2.74. The maximum atomic E-state index is 12.3. The number of rotatable bonds is 7. The fourth-order valence-electron chi connectivity index (χ4n) is 3.13. The highest BCUT2D eigenvalue weighted by atomic mass is 16.2. The average Bonchev–Trinajstić information content (AvgIpc) is 2.99. The van der Waals surface area contributed by atoms with Crippen molar-refractivity contribution >= 4 is 11.9 Å². The number of carbonyl (C=O) groups is 2. The molecule has 0 bridgehead atoms. The number of hydrogen-bond acceptors (Lipinski definition) is 2. The van der Waals surface area contributed by atoms with Gasteiger partial charge in [-0.25, -0.2) is 4.79 Å². The van der Waals surface area contributed by atoms with Gasteiger partial charge in [-0.05, 0) is 17.9 Å². The monoisotopic (exact) mass is 317 g/mol. The molecule has 0 radical (unpaired) electrons. The highest BCUT2D eigenvalue weighted by Crippen LogP contribution is 2.27. The fourth-order valence-corrected chi connectivity index (χ4v) is 3.13. The van der Waals surface area contributed by atoms with Crippen LogP contribution in [-0.2, 0) is 4.79 Å². The van der Waals surface area contributed by atoms with Crippen LogP contribution in [0.25, 0.3) is 0 Å². The molecular weight excluding hydrogens is 290 g/mol. The minimum absolute atomic E-state index is 0.00405. The summed E-state index contributed by atoms with van der Waals surface area (Å²) in [5, 5.41) is 8.85. The Kier molecular flexibility index (Phi) is 6.44. The second kappa shape index (κ2) is 8.56. The van der Waals surface area contributed by atoms with Crippen LogP contribution in [0.5, 0.6) is 0 Å². The molecule has 0 saturated carbocycles. The van der Waals surface area contributed by atoms with Gasteiger partial charge in [0.1, 0.15) is 0 Å². The van der Waals surface area contributed by atoms with E-state index < -0.39 is 0 Å². The summed E-state index contributed by atoms with van der Waals surface area (Å²) in [5.41, 5.74) is 1.13. The first-order chi connectivity index (χ1) is 11.1. The molecule has 2 atom stereocenters. The van der Waals surface area contributed by atoms with Crippen molar-refractivity contribution in [2.45, 2.75) is 51.6 Å². The van der Waals surface area contributed by atoms with Gasteiger partial charge in [0.15, 0.2) is 0 Å². The summed E-state index contributed by atoms with van der Waals surface area (Å²) in [4.78, 5) is 23.5. The topological polar surface area (TPSA) is 70.2 Å².